The molecule has 0 heterocycles. The lowest BCUT2D eigenvalue weighted by Crippen LogP contribution is -2.28. The number of nitrogen functional groups attached to an aromatic ring is 1. The molecule has 98 valence electrons. The maximum Gasteiger partial charge on any atom is 0.260 e. The molecule has 0 bridgehead atoms. The van der Waals surface area contributed by atoms with E-state index in [1.165, 1.54) is 23.1 Å². The summed E-state index contributed by atoms with van der Waals surface area (Å²) in [4.78, 5) is 13.8. The Balaban J connectivity index is 2.37. The third-order valence-corrected chi connectivity index (χ3v) is 2.84. The minimum atomic E-state index is -0.560. The van der Waals surface area contributed by atoms with E-state index in [9.17, 15) is 9.18 Å². The normalized spacial score (nSPS) is 10.1. The number of nitrogens with zero attached hydrogens (tertiary/aromatic N) is 1. The Morgan fingerprint density at radius 2 is 1.84 bits per heavy atom. The Bertz CT molecular complexity index is 586. The molecule has 0 aromatic heterocycles. The standard InChI is InChI=1S/C14H14FN3O/c1-18(10-6-3-2-4-7-10)14(19)11-8-5-9-12(15)13(11)17-16/h2-9,17H,16H2,1H3. The van der Waals surface area contributed by atoms with Gasteiger partial charge in [-0.2, -0.15) is 0 Å². The molecule has 0 fully saturated rings. The summed E-state index contributed by atoms with van der Waals surface area (Å²) in [6, 6.07) is 13.4. The number of hydrazine groups is 1. The number of nitrogens with two attached hydrogens (primary N) is 1. The summed E-state index contributed by atoms with van der Waals surface area (Å²) in [6.07, 6.45) is 0. The van der Waals surface area contributed by atoms with Gasteiger partial charge in [-0.25, -0.2) is 4.39 Å². The Hall–Kier alpha value is -2.40. The first-order valence-electron chi connectivity index (χ1n) is 5.73. The molecule has 2 aromatic carbocycles. The van der Waals surface area contributed by atoms with Crippen molar-refractivity contribution in [2.45, 2.75) is 0 Å². The minimum absolute atomic E-state index is 0.00437. The van der Waals surface area contributed by atoms with Crippen LogP contribution in [-0.2, 0) is 0 Å². The van der Waals surface area contributed by atoms with Crippen molar-refractivity contribution < 1.29 is 9.18 Å². The fourth-order valence-electron chi connectivity index (χ4n) is 1.80. The van der Waals surface area contributed by atoms with Crippen LogP contribution in [0, 0.1) is 5.82 Å². The third-order valence-electron chi connectivity index (χ3n) is 2.84. The topological polar surface area (TPSA) is 58.4 Å². The van der Waals surface area contributed by atoms with Crippen LogP contribution in [0.25, 0.3) is 0 Å². The summed E-state index contributed by atoms with van der Waals surface area (Å²) >= 11 is 0. The quantitative estimate of drug-likeness (QED) is 0.657. The summed E-state index contributed by atoms with van der Waals surface area (Å²) in [5.74, 6) is 4.37. The maximum atomic E-state index is 13.6. The van der Waals surface area contributed by atoms with Gasteiger partial charge in [0.25, 0.3) is 5.91 Å². The van der Waals surface area contributed by atoms with Crippen molar-refractivity contribution in [2.24, 2.45) is 5.84 Å². The van der Waals surface area contributed by atoms with Gasteiger partial charge in [-0.1, -0.05) is 24.3 Å². The van der Waals surface area contributed by atoms with E-state index in [4.69, 9.17) is 5.84 Å². The number of nitrogens with one attached hydrogen (secondary N) is 1. The minimum Gasteiger partial charge on any atom is -0.321 e. The van der Waals surface area contributed by atoms with Crippen molar-refractivity contribution in [1.29, 1.82) is 0 Å². The molecule has 1 amide bonds. The molecule has 2 aromatic rings. The van der Waals surface area contributed by atoms with Crippen LogP contribution in [0.15, 0.2) is 48.5 Å². The molecule has 0 atom stereocenters. The molecular weight excluding hydrogens is 245 g/mol. The monoisotopic (exact) mass is 259 g/mol. The molecule has 0 unspecified atom stereocenters. The SMILES string of the molecule is CN(C(=O)c1cccc(F)c1NN)c1ccccc1. The van der Waals surface area contributed by atoms with E-state index >= 15 is 0 Å². The number of para-hydroxylation sites is 2. The highest BCUT2D eigenvalue weighted by atomic mass is 19.1. The molecule has 2 rings (SSSR count). The smallest absolute Gasteiger partial charge is 0.260 e. The van der Waals surface area contributed by atoms with Crippen molar-refractivity contribution in [3.05, 3.63) is 59.9 Å². The number of hydrogen-bond acceptors (Lipinski definition) is 3. The predicted octanol–water partition coefficient (Wildman–Crippen LogP) is 2.39. The zero-order chi connectivity index (χ0) is 13.8. The zero-order valence-electron chi connectivity index (χ0n) is 10.4. The van der Waals surface area contributed by atoms with E-state index in [2.05, 4.69) is 5.43 Å². The van der Waals surface area contributed by atoms with Crippen LogP contribution >= 0.6 is 0 Å². The fourth-order valence-corrected chi connectivity index (χ4v) is 1.80. The van der Waals surface area contributed by atoms with E-state index < -0.39 is 5.82 Å². The molecule has 19 heavy (non-hydrogen) atoms. The van der Waals surface area contributed by atoms with E-state index in [1.54, 1.807) is 19.2 Å². The number of halogens is 1. The first-order valence-corrected chi connectivity index (χ1v) is 5.73. The van der Waals surface area contributed by atoms with Gasteiger partial charge in [0, 0.05) is 12.7 Å². The third kappa shape index (κ3) is 2.56. The van der Waals surface area contributed by atoms with Crippen LogP contribution in [0.1, 0.15) is 10.4 Å². The average molecular weight is 259 g/mol. The van der Waals surface area contributed by atoms with Crippen LogP contribution in [0.5, 0.6) is 0 Å². The lowest BCUT2D eigenvalue weighted by atomic mass is 10.1. The summed E-state index contributed by atoms with van der Waals surface area (Å²) in [5.41, 5.74) is 3.13. The molecular formula is C14H14FN3O. The number of carbonyl (C=O) groups excluding carboxylic acids is 1. The summed E-state index contributed by atoms with van der Waals surface area (Å²) in [7, 11) is 1.63. The van der Waals surface area contributed by atoms with E-state index in [0.717, 1.165) is 5.69 Å². The molecule has 0 aliphatic rings. The van der Waals surface area contributed by atoms with Crippen LogP contribution in [0.2, 0.25) is 0 Å². The molecule has 0 spiro atoms. The van der Waals surface area contributed by atoms with Crippen molar-refractivity contribution >= 4 is 17.3 Å². The predicted molar refractivity (Wildman–Crippen MR) is 73.4 cm³/mol. The van der Waals surface area contributed by atoms with E-state index in [-0.39, 0.29) is 17.2 Å². The fraction of sp³-hybridized carbons (Fsp3) is 0.0714. The lowest BCUT2D eigenvalue weighted by Gasteiger charge is -2.19. The van der Waals surface area contributed by atoms with Gasteiger partial charge in [0.05, 0.1) is 11.3 Å². The Kier molecular flexibility index (Phi) is 3.77. The molecule has 4 nitrogen and oxygen atoms in total. The van der Waals surface area contributed by atoms with Crippen molar-refractivity contribution in [3.63, 3.8) is 0 Å². The summed E-state index contributed by atoms with van der Waals surface area (Å²) in [5, 5.41) is 0. The number of amides is 1. The Morgan fingerprint density at radius 3 is 2.47 bits per heavy atom. The van der Waals surface area contributed by atoms with Gasteiger partial charge in [-0.15, -0.1) is 0 Å². The Morgan fingerprint density at radius 1 is 1.16 bits per heavy atom. The van der Waals surface area contributed by atoms with Crippen molar-refractivity contribution in [1.82, 2.24) is 0 Å². The number of hydrogen-bond donors (Lipinski definition) is 2. The van der Waals surface area contributed by atoms with Gasteiger partial charge < -0.3 is 10.3 Å². The zero-order valence-corrected chi connectivity index (χ0v) is 10.4. The second-order valence-corrected chi connectivity index (χ2v) is 4.01. The maximum absolute atomic E-state index is 13.6. The van der Waals surface area contributed by atoms with Crippen LogP contribution in [-0.4, -0.2) is 13.0 Å². The summed E-state index contributed by atoms with van der Waals surface area (Å²) < 4.78 is 13.6. The van der Waals surface area contributed by atoms with Crippen LogP contribution in [0.3, 0.4) is 0 Å². The van der Waals surface area contributed by atoms with E-state index in [0.29, 0.717) is 0 Å². The molecule has 0 aliphatic carbocycles. The van der Waals surface area contributed by atoms with Gasteiger partial charge in [-0.3, -0.25) is 10.6 Å². The molecule has 0 saturated carbocycles. The van der Waals surface area contributed by atoms with Gasteiger partial charge in [0.2, 0.25) is 0 Å². The van der Waals surface area contributed by atoms with Gasteiger partial charge in [-0.05, 0) is 24.3 Å². The number of rotatable bonds is 3. The molecule has 5 heteroatoms. The van der Waals surface area contributed by atoms with E-state index in [1.807, 2.05) is 18.2 Å². The Labute approximate surface area is 110 Å². The largest absolute Gasteiger partial charge is 0.321 e. The first kappa shape index (κ1) is 13.0. The molecule has 3 N–H and O–H groups in total. The van der Waals surface area contributed by atoms with Crippen molar-refractivity contribution in [2.75, 3.05) is 17.4 Å². The highest BCUT2D eigenvalue weighted by Crippen LogP contribution is 2.22. The lowest BCUT2D eigenvalue weighted by molar-refractivity contribution is 0.0993. The number of carbonyl (C=O) groups is 1. The number of anilines is 2. The second-order valence-electron chi connectivity index (χ2n) is 4.01. The van der Waals surface area contributed by atoms with Gasteiger partial charge >= 0.3 is 0 Å². The molecule has 0 radical (unpaired) electrons. The van der Waals surface area contributed by atoms with Gasteiger partial charge in [0.15, 0.2) is 0 Å². The highest BCUT2D eigenvalue weighted by molar-refractivity contribution is 6.09. The highest BCUT2D eigenvalue weighted by Gasteiger charge is 2.18. The summed E-state index contributed by atoms with van der Waals surface area (Å²) in [6.45, 7) is 0. The molecule has 0 aliphatic heterocycles. The molecule has 0 saturated heterocycles. The van der Waals surface area contributed by atoms with Crippen molar-refractivity contribution in [3.8, 4) is 0 Å². The first-order chi connectivity index (χ1) is 9.15. The van der Waals surface area contributed by atoms with Crippen LogP contribution < -0.4 is 16.2 Å². The van der Waals surface area contributed by atoms with Gasteiger partial charge in [0.1, 0.15) is 5.82 Å². The van der Waals surface area contributed by atoms with Crippen LogP contribution in [0.4, 0.5) is 15.8 Å². The average Bonchev–Trinajstić information content (AvgIpc) is 2.46. The second kappa shape index (κ2) is 5.49. The number of benzene rings is 2.